The molecule has 2 aromatic carbocycles. The Morgan fingerprint density at radius 3 is 1.62 bits per heavy atom. The predicted octanol–water partition coefficient (Wildman–Crippen LogP) is 14.6. The van der Waals surface area contributed by atoms with E-state index in [1.54, 1.807) is 0 Å². The number of carbonyl (C=O) groups is 1. The molecule has 0 aliphatic heterocycles. The fourth-order valence-corrected chi connectivity index (χ4v) is 13.3. The van der Waals surface area contributed by atoms with Gasteiger partial charge in [-0.1, -0.05) is 77.9 Å². The van der Waals surface area contributed by atoms with Gasteiger partial charge in [0.05, 0.1) is 5.56 Å². The first-order valence-corrected chi connectivity index (χ1v) is 23.7. The molecule has 2 aromatic rings. The topological polar surface area (TPSA) is 37.3 Å². The Labute approximate surface area is 346 Å². The number of rotatable bonds is 10. The van der Waals surface area contributed by atoms with Crippen molar-refractivity contribution in [3.05, 3.63) is 79.4 Å². The summed E-state index contributed by atoms with van der Waals surface area (Å²) in [5.41, 5.74) is 4.40. The second-order valence-corrected chi connectivity index (χ2v) is 20.2. The average molecular weight is 869 g/mol. The van der Waals surface area contributed by atoms with Crippen LogP contribution in [0, 0.1) is 82.3 Å². The number of hydrogen-bond acceptors (Lipinski definition) is 2. The van der Waals surface area contributed by atoms with E-state index in [1.807, 2.05) is 26.0 Å². The van der Waals surface area contributed by atoms with Crippen LogP contribution >= 0.6 is 22.6 Å². The smallest absolute Gasteiger partial charge is 0.169 e. The van der Waals surface area contributed by atoms with Crippen LogP contribution in [-0.2, 0) is 6.42 Å². The number of carbonyl (C=O) groups excluding carboxylic acids is 1. The maximum Gasteiger partial charge on any atom is 0.169 e. The van der Waals surface area contributed by atoms with Gasteiger partial charge in [0.2, 0.25) is 0 Å². The molecule has 2 atom stereocenters. The lowest BCUT2D eigenvalue weighted by Crippen LogP contribution is -2.30. The van der Waals surface area contributed by atoms with Crippen molar-refractivity contribution in [3.8, 4) is 0 Å². The molecular weight excluding hydrogens is 797 g/mol. The Morgan fingerprint density at radius 2 is 1.13 bits per heavy atom. The highest BCUT2D eigenvalue weighted by molar-refractivity contribution is 14.1. The van der Waals surface area contributed by atoms with E-state index in [2.05, 4.69) is 43.0 Å². The van der Waals surface area contributed by atoms with Crippen LogP contribution in [0.25, 0.3) is 0 Å². The van der Waals surface area contributed by atoms with Crippen molar-refractivity contribution in [2.24, 2.45) is 53.3 Å². The predicted molar refractivity (Wildman–Crippen MR) is 232 cm³/mol. The first-order valence-electron chi connectivity index (χ1n) is 22.6. The summed E-state index contributed by atoms with van der Waals surface area (Å²) in [5.74, 6) is 5.82. The number of aryl methyl sites for hydroxylation is 2. The summed E-state index contributed by atoms with van der Waals surface area (Å²) >= 11 is 2.13. The standard InChI is InChI=1S/C25H36FIO.C25H35FO/c1-4-5-18-6-8-20(9-7-18)21-12-10-19(11-13-21)17(3)25(28)24-22(26)14-16(2)15-23(24)27;1-3-4-17-5-7-18(8-6-17)19-9-11-20(12-10-19)22-15-21-13-16(2)14-23(26)24(21)25(22)27/h14-15,18-21,25,28H,3-13H2,1-2H3;13-14,17-20,22H,3-12,15H2,1-2H3. The molecule has 0 spiro atoms. The first-order chi connectivity index (χ1) is 26.5. The van der Waals surface area contributed by atoms with Crippen molar-refractivity contribution < 1.29 is 18.7 Å². The zero-order valence-corrected chi connectivity index (χ0v) is 36.8. The molecule has 2 unspecified atom stereocenters. The van der Waals surface area contributed by atoms with Gasteiger partial charge in [0.1, 0.15) is 17.7 Å². The SMILES string of the molecule is C=C(C1CCC(C2CCC(CCC)CC2)CC1)C(O)c1c(F)cc(C)cc1I.CCCC1CCC(C2CCC(C3Cc4cc(C)cc(F)c4C3=O)CC2)CC1. The van der Waals surface area contributed by atoms with Gasteiger partial charge in [0, 0.05) is 15.1 Å². The second kappa shape index (κ2) is 19.9. The van der Waals surface area contributed by atoms with Crippen LogP contribution in [0.1, 0.15) is 181 Å². The van der Waals surface area contributed by atoms with Crippen molar-refractivity contribution in [1.82, 2.24) is 0 Å². The lowest BCUT2D eigenvalue weighted by Gasteiger charge is -2.39. The molecule has 0 bridgehead atoms. The van der Waals surface area contributed by atoms with Crippen LogP contribution in [0.3, 0.4) is 0 Å². The molecular formula is C50H71F2IO2. The normalized spacial score (nSPS) is 31.6. The lowest BCUT2D eigenvalue weighted by atomic mass is 9.66. The Balaban J connectivity index is 0.000000187. The van der Waals surface area contributed by atoms with E-state index >= 15 is 0 Å². The van der Waals surface area contributed by atoms with Crippen LogP contribution in [0.4, 0.5) is 8.78 Å². The Hall–Kier alpha value is -1.60. The maximum absolute atomic E-state index is 14.5. The zero-order chi connectivity index (χ0) is 39.2. The van der Waals surface area contributed by atoms with E-state index in [0.717, 1.165) is 80.6 Å². The monoisotopic (exact) mass is 868 g/mol. The van der Waals surface area contributed by atoms with E-state index < -0.39 is 6.10 Å². The largest absolute Gasteiger partial charge is 0.384 e. The van der Waals surface area contributed by atoms with Crippen molar-refractivity contribution in [1.29, 1.82) is 0 Å². The Morgan fingerprint density at radius 1 is 0.691 bits per heavy atom. The molecule has 0 aromatic heterocycles. The molecule has 304 valence electrons. The minimum absolute atomic E-state index is 0.0394. The minimum atomic E-state index is -0.890. The van der Waals surface area contributed by atoms with Gasteiger partial charge in [-0.05, 0) is 208 Å². The number of fused-ring (bicyclic) bond motifs is 1. The van der Waals surface area contributed by atoms with E-state index in [1.165, 1.54) is 128 Å². The molecule has 4 fully saturated rings. The molecule has 5 aliphatic carbocycles. The molecule has 4 saturated carbocycles. The van der Waals surface area contributed by atoms with Crippen LogP contribution in [0.5, 0.6) is 0 Å². The van der Waals surface area contributed by atoms with E-state index in [-0.39, 0.29) is 23.3 Å². The zero-order valence-electron chi connectivity index (χ0n) is 34.6. The van der Waals surface area contributed by atoms with Crippen molar-refractivity contribution in [3.63, 3.8) is 0 Å². The third-order valence-electron chi connectivity index (χ3n) is 15.4. The van der Waals surface area contributed by atoms with Crippen molar-refractivity contribution in [2.75, 3.05) is 0 Å². The van der Waals surface area contributed by atoms with Crippen molar-refractivity contribution in [2.45, 2.75) is 169 Å². The maximum atomic E-state index is 14.5. The number of aliphatic hydroxyl groups excluding tert-OH is 1. The summed E-state index contributed by atoms with van der Waals surface area (Å²) in [6, 6.07) is 6.99. The van der Waals surface area contributed by atoms with E-state index in [9.17, 15) is 18.7 Å². The molecule has 55 heavy (non-hydrogen) atoms. The third-order valence-corrected chi connectivity index (χ3v) is 16.3. The van der Waals surface area contributed by atoms with Gasteiger partial charge in [0.25, 0.3) is 0 Å². The number of benzene rings is 2. The molecule has 0 radical (unpaired) electrons. The summed E-state index contributed by atoms with van der Waals surface area (Å²) in [7, 11) is 0. The minimum Gasteiger partial charge on any atom is -0.384 e. The Kier molecular flexibility index (Phi) is 15.6. The summed E-state index contributed by atoms with van der Waals surface area (Å²) < 4.78 is 29.6. The van der Waals surface area contributed by atoms with E-state index in [0.29, 0.717) is 23.0 Å². The van der Waals surface area contributed by atoms with Gasteiger partial charge in [-0.25, -0.2) is 8.78 Å². The first kappa shape index (κ1) is 43.0. The lowest BCUT2D eigenvalue weighted by molar-refractivity contribution is 0.0808. The van der Waals surface area contributed by atoms with Crippen LogP contribution in [0.2, 0.25) is 0 Å². The highest BCUT2D eigenvalue weighted by Crippen LogP contribution is 2.47. The van der Waals surface area contributed by atoms with Crippen molar-refractivity contribution >= 4 is 28.4 Å². The van der Waals surface area contributed by atoms with Crippen LogP contribution < -0.4 is 0 Å². The van der Waals surface area contributed by atoms with Gasteiger partial charge in [0.15, 0.2) is 5.78 Å². The molecule has 0 amide bonds. The Bertz CT molecular complexity index is 1560. The fraction of sp³-hybridized carbons (Fsp3) is 0.700. The molecule has 0 heterocycles. The molecule has 7 rings (SSSR count). The van der Waals surface area contributed by atoms with Gasteiger partial charge in [-0.3, -0.25) is 4.79 Å². The number of ketones is 1. The van der Waals surface area contributed by atoms with Gasteiger partial charge in [-0.2, -0.15) is 0 Å². The fourth-order valence-electron chi connectivity index (χ4n) is 12.2. The summed E-state index contributed by atoms with van der Waals surface area (Å²) in [6.07, 6.45) is 26.4. The number of aliphatic hydroxyl groups is 1. The molecule has 2 nitrogen and oxygen atoms in total. The molecule has 5 aliphatic rings. The highest BCUT2D eigenvalue weighted by Gasteiger charge is 2.41. The van der Waals surface area contributed by atoms with Crippen LogP contribution in [-0.4, -0.2) is 10.9 Å². The average Bonchev–Trinajstić information content (AvgIpc) is 3.51. The summed E-state index contributed by atoms with van der Waals surface area (Å²) in [6.45, 7) is 12.6. The number of halogens is 3. The van der Waals surface area contributed by atoms with Gasteiger partial charge < -0.3 is 5.11 Å². The number of hydrogen-bond donors (Lipinski definition) is 1. The number of Topliss-reactive ketones (excluding diaryl/α,β-unsaturated/α-hetero) is 1. The molecule has 0 saturated heterocycles. The third kappa shape index (κ3) is 10.5. The molecule has 1 N–H and O–H groups in total. The summed E-state index contributed by atoms with van der Waals surface area (Å²) in [4.78, 5) is 12.9. The summed E-state index contributed by atoms with van der Waals surface area (Å²) in [5, 5.41) is 10.8. The van der Waals surface area contributed by atoms with Crippen LogP contribution in [0.15, 0.2) is 36.4 Å². The quantitative estimate of drug-likeness (QED) is 0.191. The molecule has 5 heteroatoms. The second-order valence-electron chi connectivity index (χ2n) is 19.0. The van der Waals surface area contributed by atoms with Gasteiger partial charge >= 0.3 is 0 Å². The highest BCUT2D eigenvalue weighted by atomic mass is 127. The van der Waals surface area contributed by atoms with Gasteiger partial charge in [-0.15, -0.1) is 0 Å². The van der Waals surface area contributed by atoms with E-state index in [4.69, 9.17) is 0 Å².